The molecule has 0 aromatic carbocycles. The van der Waals surface area contributed by atoms with Crippen LogP contribution in [0.5, 0.6) is 0 Å². The number of esters is 1. The quantitative estimate of drug-likeness (QED) is 0.691. The Morgan fingerprint density at radius 3 is 2.79 bits per heavy atom. The van der Waals surface area contributed by atoms with E-state index in [2.05, 4.69) is 30.5 Å². The molecule has 2 atom stereocenters. The Kier molecular flexibility index (Phi) is 4.03. The third kappa shape index (κ3) is 2.73. The molecule has 4 aliphatic rings. The molecule has 2 aromatic heterocycles. The zero-order valence-corrected chi connectivity index (χ0v) is 15.3. The number of anilines is 1. The van der Waals surface area contributed by atoms with Gasteiger partial charge in [0.15, 0.2) is 5.82 Å². The maximum Gasteiger partial charge on any atom is 0.311 e. The molecule has 3 fully saturated rings. The van der Waals surface area contributed by atoms with Gasteiger partial charge in [0.05, 0.1) is 31.0 Å². The summed E-state index contributed by atoms with van der Waals surface area (Å²) in [5.74, 6) is 1.23. The van der Waals surface area contributed by atoms with Crippen molar-refractivity contribution in [3.63, 3.8) is 0 Å². The van der Waals surface area contributed by atoms with Crippen molar-refractivity contribution in [1.29, 1.82) is 0 Å². The molecule has 1 N–H and O–H groups in total. The second kappa shape index (κ2) is 6.57. The summed E-state index contributed by atoms with van der Waals surface area (Å²) in [5, 5.41) is 11.4. The predicted octanol–water partition coefficient (Wildman–Crippen LogP) is 2.28. The number of halogens is 1. The third-order valence-electron chi connectivity index (χ3n) is 6.08. The number of hydrogen-bond donors (Lipinski definition) is 1. The maximum absolute atomic E-state index is 13.5. The van der Waals surface area contributed by atoms with E-state index in [0.717, 1.165) is 31.9 Å². The van der Waals surface area contributed by atoms with Gasteiger partial charge in [0.25, 0.3) is 0 Å². The highest BCUT2D eigenvalue weighted by Gasteiger charge is 2.48. The van der Waals surface area contributed by atoms with E-state index in [1.54, 1.807) is 0 Å². The first-order valence-electron chi connectivity index (χ1n) is 9.43. The van der Waals surface area contributed by atoms with Crippen molar-refractivity contribution < 1.29 is 13.9 Å². The smallest absolute Gasteiger partial charge is 0.311 e. The number of fused-ring (bicyclic) bond motifs is 4. The Bertz CT molecular complexity index is 973. The molecule has 0 saturated heterocycles. The number of rotatable bonds is 4. The molecule has 0 radical (unpaired) electrons. The predicted molar refractivity (Wildman–Crippen MR) is 97.7 cm³/mol. The van der Waals surface area contributed by atoms with Crippen LogP contribution in [-0.2, 0) is 9.53 Å². The number of aliphatic imine (C=N–C) groups is 1. The van der Waals surface area contributed by atoms with Crippen molar-refractivity contribution in [1.82, 2.24) is 20.2 Å². The lowest BCUT2D eigenvalue weighted by molar-refractivity contribution is -0.152. The highest BCUT2D eigenvalue weighted by Crippen LogP contribution is 2.46. The van der Waals surface area contributed by atoms with E-state index in [-0.39, 0.29) is 17.9 Å². The number of ether oxygens (including phenoxy) is 1. The summed E-state index contributed by atoms with van der Waals surface area (Å²) in [6, 6.07) is 1.32. The minimum Gasteiger partial charge on any atom is -0.469 e. The highest BCUT2D eigenvalue weighted by atomic mass is 19.1. The molecular weight excluding hydrogens is 363 g/mol. The fourth-order valence-electron chi connectivity index (χ4n) is 4.76. The maximum atomic E-state index is 13.5. The molecular formula is C19H19FN6O2. The van der Waals surface area contributed by atoms with E-state index in [9.17, 15) is 9.18 Å². The van der Waals surface area contributed by atoms with Crippen LogP contribution in [0, 0.1) is 23.6 Å². The molecule has 6 rings (SSSR count). The first-order chi connectivity index (χ1) is 13.6. The van der Waals surface area contributed by atoms with Crippen LogP contribution in [-0.4, -0.2) is 45.0 Å². The van der Waals surface area contributed by atoms with Crippen LogP contribution in [0.4, 0.5) is 16.0 Å². The van der Waals surface area contributed by atoms with Gasteiger partial charge in [-0.3, -0.25) is 4.79 Å². The lowest BCUT2D eigenvalue weighted by Gasteiger charge is -2.47. The normalized spacial score (nSPS) is 27.4. The molecule has 28 heavy (non-hydrogen) atoms. The molecule has 2 aromatic rings. The summed E-state index contributed by atoms with van der Waals surface area (Å²) >= 11 is 0. The topological polar surface area (TPSA) is 102 Å². The van der Waals surface area contributed by atoms with E-state index in [0.29, 0.717) is 40.6 Å². The number of carbonyl (C=O) groups excluding carboxylic acids is 1. The molecule has 8 nitrogen and oxygen atoms in total. The summed E-state index contributed by atoms with van der Waals surface area (Å²) in [5.41, 5.74) is 1.04. The summed E-state index contributed by atoms with van der Waals surface area (Å²) in [6.07, 6.45) is 6.95. The Morgan fingerprint density at radius 2 is 2.00 bits per heavy atom. The molecule has 9 heteroatoms. The van der Waals surface area contributed by atoms with Crippen molar-refractivity contribution in [3.05, 3.63) is 35.7 Å². The summed E-state index contributed by atoms with van der Waals surface area (Å²) in [7, 11) is 1.44. The zero-order chi connectivity index (χ0) is 19.3. The molecule has 2 unspecified atom stereocenters. The Balaban J connectivity index is 1.41. The zero-order valence-electron chi connectivity index (χ0n) is 15.3. The third-order valence-corrected chi connectivity index (χ3v) is 6.08. The first-order valence-corrected chi connectivity index (χ1v) is 9.43. The Labute approximate surface area is 160 Å². The summed E-state index contributed by atoms with van der Waals surface area (Å²) < 4.78 is 18.5. The summed E-state index contributed by atoms with van der Waals surface area (Å²) in [6.45, 7) is 0. The van der Waals surface area contributed by atoms with Crippen LogP contribution in [0.25, 0.3) is 0 Å². The standard InChI is InChI=1S/C19H19FN6O2/c1-28-19(27)14-9-2-4-10(5-3-9)15(14)23-13-8-22-26-18(24-13)16-12-6-11(20)7-21-17(12)25-16/h6-10,14-15H,2-5H2,1H3,(H,23,24,26). The van der Waals surface area contributed by atoms with Gasteiger partial charge in [-0.1, -0.05) is 0 Å². The van der Waals surface area contributed by atoms with Gasteiger partial charge in [-0.15, -0.1) is 5.10 Å². The van der Waals surface area contributed by atoms with Crippen LogP contribution in [0.15, 0.2) is 23.5 Å². The average Bonchev–Trinajstić information content (AvgIpc) is 2.71. The molecule has 0 amide bonds. The van der Waals surface area contributed by atoms with Crippen molar-refractivity contribution in [2.45, 2.75) is 31.7 Å². The van der Waals surface area contributed by atoms with Gasteiger partial charge in [-0.05, 0) is 43.6 Å². The van der Waals surface area contributed by atoms with Gasteiger partial charge >= 0.3 is 5.97 Å². The number of hydrogen-bond acceptors (Lipinski definition) is 8. The van der Waals surface area contributed by atoms with Crippen molar-refractivity contribution >= 4 is 23.3 Å². The lowest BCUT2D eigenvalue weighted by atomic mass is 9.61. The monoisotopic (exact) mass is 382 g/mol. The molecule has 3 heterocycles. The van der Waals surface area contributed by atoms with Gasteiger partial charge in [-0.25, -0.2) is 19.4 Å². The van der Waals surface area contributed by atoms with E-state index in [1.807, 2.05) is 0 Å². The van der Waals surface area contributed by atoms with Crippen molar-refractivity contribution in [2.75, 3.05) is 12.4 Å². The largest absolute Gasteiger partial charge is 0.469 e. The number of carbonyl (C=O) groups is 1. The minimum absolute atomic E-state index is 0.0424. The summed E-state index contributed by atoms with van der Waals surface area (Å²) in [4.78, 5) is 25.1. The van der Waals surface area contributed by atoms with Gasteiger partial charge in [0.1, 0.15) is 17.3 Å². The first kappa shape index (κ1) is 17.2. The second-order valence-electron chi connectivity index (χ2n) is 7.54. The molecule has 144 valence electrons. The highest BCUT2D eigenvalue weighted by molar-refractivity contribution is 6.19. The van der Waals surface area contributed by atoms with Gasteiger partial charge in [-0.2, -0.15) is 5.10 Å². The van der Waals surface area contributed by atoms with Crippen molar-refractivity contribution in [3.8, 4) is 0 Å². The van der Waals surface area contributed by atoms with Gasteiger partial charge in [0, 0.05) is 6.04 Å². The lowest BCUT2D eigenvalue weighted by Crippen LogP contribution is -2.51. The molecule has 1 aliphatic heterocycles. The Hall–Kier alpha value is -2.97. The van der Waals surface area contributed by atoms with Gasteiger partial charge < -0.3 is 10.1 Å². The van der Waals surface area contributed by atoms with Crippen LogP contribution in [0.2, 0.25) is 0 Å². The minimum atomic E-state index is -0.437. The number of methoxy groups -OCH3 is 1. The van der Waals surface area contributed by atoms with Crippen LogP contribution < -0.4 is 5.32 Å². The van der Waals surface area contributed by atoms with Crippen LogP contribution in [0.3, 0.4) is 0 Å². The number of nitrogens with zero attached hydrogens (tertiary/aromatic N) is 5. The molecule has 0 spiro atoms. The molecule has 2 bridgehead atoms. The Morgan fingerprint density at radius 1 is 1.21 bits per heavy atom. The van der Waals surface area contributed by atoms with E-state index in [1.165, 1.54) is 19.4 Å². The fourth-order valence-corrected chi connectivity index (χ4v) is 4.76. The number of nitrogens with one attached hydrogen (secondary N) is 1. The molecule has 3 aliphatic carbocycles. The number of aromatic nitrogens is 4. The van der Waals surface area contributed by atoms with E-state index >= 15 is 0 Å². The molecule has 3 saturated carbocycles. The van der Waals surface area contributed by atoms with Crippen LogP contribution in [0.1, 0.15) is 37.1 Å². The fraction of sp³-hybridized carbons (Fsp3) is 0.474. The van der Waals surface area contributed by atoms with Gasteiger partial charge in [0.2, 0.25) is 5.82 Å². The van der Waals surface area contributed by atoms with E-state index in [4.69, 9.17) is 4.74 Å². The number of pyridine rings is 1. The van der Waals surface area contributed by atoms with E-state index < -0.39 is 5.82 Å². The SMILES string of the molecule is COC(=O)C1C2CCC(CC2)C1Nc1cnnc(C2=Nc3ncc(F)cc32)n1. The van der Waals surface area contributed by atoms with Crippen molar-refractivity contribution in [2.24, 2.45) is 22.7 Å². The average molecular weight is 382 g/mol. The van der Waals surface area contributed by atoms with Crippen LogP contribution >= 0.6 is 0 Å². The second-order valence-corrected chi connectivity index (χ2v) is 7.54.